The molecule has 0 aliphatic heterocycles. The molecule has 1 aromatic rings. The third kappa shape index (κ3) is 5.09. The van der Waals surface area contributed by atoms with Gasteiger partial charge in [-0.15, -0.1) is 0 Å². The molecule has 1 aromatic carbocycles. The molecule has 1 rings (SSSR count). The number of amides is 1. The monoisotopic (exact) mass is 288 g/mol. The number of carbonyl (C=O) groups excluding carboxylic acids is 1. The van der Waals surface area contributed by atoms with Crippen molar-refractivity contribution in [1.82, 2.24) is 5.32 Å². The van der Waals surface area contributed by atoms with Crippen LogP contribution < -0.4 is 5.32 Å². The summed E-state index contributed by atoms with van der Waals surface area (Å²) in [5.74, 6) is -1.53. The molecule has 1 atom stereocenters. The molecule has 110 valence electrons. The highest BCUT2D eigenvalue weighted by Crippen LogP contribution is 2.09. The molecule has 0 unspecified atom stereocenters. The minimum atomic E-state index is -1.03. The number of aromatic carboxylic acids is 1. The average molecular weight is 288 g/mol. The smallest absolute Gasteiger partial charge is 0.335 e. The van der Waals surface area contributed by atoms with Gasteiger partial charge in [0, 0.05) is 13.2 Å². The van der Waals surface area contributed by atoms with Gasteiger partial charge in [0.2, 0.25) is 0 Å². The van der Waals surface area contributed by atoms with Crippen LogP contribution >= 0.6 is 0 Å². The summed E-state index contributed by atoms with van der Waals surface area (Å²) >= 11 is 0. The molecule has 21 heavy (non-hydrogen) atoms. The molecular weight excluding hydrogens is 272 g/mol. The Morgan fingerprint density at radius 2 is 2.05 bits per heavy atom. The molecule has 0 radical (unpaired) electrons. The Morgan fingerprint density at radius 3 is 2.52 bits per heavy atom. The van der Waals surface area contributed by atoms with Crippen molar-refractivity contribution in [3.05, 3.63) is 41.0 Å². The molecule has 1 amide bonds. The zero-order valence-electron chi connectivity index (χ0n) is 11.8. The number of hydrogen-bond acceptors (Lipinski definition) is 4. The molecule has 6 heteroatoms. The van der Waals surface area contributed by atoms with Crippen LogP contribution in [0.5, 0.6) is 0 Å². The van der Waals surface area contributed by atoms with Crippen molar-refractivity contribution < 1.29 is 19.4 Å². The van der Waals surface area contributed by atoms with Crippen molar-refractivity contribution >= 4 is 18.0 Å². The first kappa shape index (κ1) is 16.4. The van der Waals surface area contributed by atoms with Gasteiger partial charge in [-0.05, 0) is 30.7 Å². The lowest BCUT2D eigenvalue weighted by Crippen LogP contribution is -2.36. The number of methoxy groups -OCH3 is 1. The van der Waals surface area contributed by atoms with Gasteiger partial charge in [-0.1, -0.05) is 12.1 Å². The molecule has 0 bridgehead atoms. The lowest BCUT2D eigenvalue weighted by molar-refractivity contribution is -0.117. The van der Waals surface area contributed by atoms with Gasteiger partial charge in [0.1, 0.15) is 11.6 Å². The lowest BCUT2D eigenvalue weighted by atomic mass is 10.1. The molecule has 6 nitrogen and oxygen atoms in total. The van der Waals surface area contributed by atoms with E-state index in [-0.39, 0.29) is 17.2 Å². The summed E-state index contributed by atoms with van der Waals surface area (Å²) in [6, 6.07) is 7.50. The van der Waals surface area contributed by atoms with Crippen molar-refractivity contribution in [3.63, 3.8) is 0 Å². The summed E-state index contributed by atoms with van der Waals surface area (Å²) in [4.78, 5) is 22.6. The first-order valence-corrected chi connectivity index (χ1v) is 6.23. The van der Waals surface area contributed by atoms with Crippen LogP contribution in [0.4, 0.5) is 0 Å². The number of nitrogens with one attached hydrogen (secondary N) is 1. The van der Waals surface area contributed by atoms with Gasteiger partial charge in [0.05, 0.1) is 12.2 Å². The summed E-state index contributed by atoms with van der Waals surface area (Å²) < 4.78 is 4.90. The first-order chi connectivity index (χ1) is 9.97. The van der Waals surface area contributed by atoms with Crippen LogP contribution in [-0.4, -0.2) is 36.7 Å². The van der Waals surface area contributed by atoms with E-state index in [1.807, 2.05) is 6.07 Å². The highest BCUT2D eigenvalue weighted by atomic mass is 16.5. The average Bonchev–Trinajstić information content (AvgIpc) is 2.45. The maximum absolute atomic E-state index is 11.9. The normalized spacial score (nSPS) is 12.3. The maximum Gasteiger partial charge on any atom is 0.335 e. The van der Waals surface area contributed by atoms with Crippen molar-refractivity contribution in [2.45, 2.75) is 13.0 Å². The lowest BCUT2D eigenvalue weighted by Gasteiger charge is -2.11. The summed E-state index contributed by atoms with van der Waals surface area (Å²) in [6.45, 7) is 2.11. The summed E-state index contributed by atoms with van der Waals surface area (Å²) in [5.41, 5.74) is 0.663. The molecule has 0 saturated heterocycles. The van der Waals surface area contributed by atoms with Gasteiger partial charge in [0.25, 0.3) is 5.91 Å². The van der Waals surface area contributed by atoms with Gasteiger partial charge in [-0.25, -0.2) is 4.79 Å². The SMILES string of the molecule is COC[C@H](C)NC(=O)/C(C#N)=C/c1ccc(C(=O)O)cc1. The molecule has 0 aliphatic carbocycles. The van der Waals surface area contributed by atoms with Gasteiger partial charge >= 0.3 is 5.97 Å². The topological polar surface area (TPSA) is 99.4 Å². The summed E-state index contributed by atoms with van der Waals surface area (Å²) in [6.07, 6.45) is 1.40. The van der Waals surface area contributed by atoms with Crippen molar-refractivity contribution in [3.8, 4) is 6.07 Å². The number of carbonyl (C=O) groups is 2. The Bertz CT molecular complexity index is 585. The summed E-state index contributed by atoms with van der Waals surface area (Å²) in [5, 5.41) is 20.5. The molecule has 0 saturated carbocycles. The van der Waals surface area contributed by atoms with E-state index < -0.39 is 11.9 Å². The van der Waals surface area contributed by atoms with E-state index in [0.717, 1.165) is 0 Å². The van der Waals surface area contributed by atoms with Crippen molar-refractivity contribution in [2.75, 3.05) is 13.7 Å². The fraction of sp³-hybridized carbons (Fsp3) is 0.267. The zero-order valence-corrected chi connectivity index (χ0v) is 11.8. The van der Waals surface area contributed by atoms with Crippen LogP contribution in [0.2, 0.25) is 0 Å². The largest absolute Gasteiger partial charge is 0.478 e. The fourth-order valence-electron chi connectivity index (χ4n) is 1.63. The van der Waals surface area contributed by atoms with Crippen LogP contribution in [0.15, 0.2) is 29.8 Å². The predicted molar refractivity (Wildman–Crippen MR) is 76.5 cm³/mol. The second-order valence-corrected chi connectivity index (χ2v) is 4.43. The highest BCUT2D eigenvalue weighted by Gasteiger charge is 2.12. The van der Waals surface area contributed by atoms with Crippen LogP contribution in [-0.2, 0) is 9.53 Å². The maximum atomic E-state index is 11.9. The molecule has 0 aromatic heterocycles. The van der Waals surface area contributed by atoms with E-state index in [0.29, 0.717) is 12.2 Å². The molecule has 0 fully saturated rings. The quantitative estimate of drug-likeness (QED) is 0.609. The van der Waals surface area contributed by atoms with E-state index in [9.17, 15) is 9.59 Å². The second-order valence-electron chi connectivity index (χ2n) is 4.43. The molecule has 0 heterocycles. The van der Waals surface area contributed by atoms with Gasteiger partial charge in [0.15, 0.2) is 0 Å². The number of hydrogen-bond donors (Lipinski definition) is 2. The van der Waals surface area contributed by atoms with Gasteiger partial charge in [-0.3, -0.25) is 4.79 Å². The van der Waals surface area contributed by atoms with E-state index in [1.165, 1.54) is 37.5 Å². The Balaban J connectivity index is 2.86. The van der Waals surface area contributed by atoms with E-state index in [4.69, 9.17) is 15.1 Å². The van der Waals surface area contributed by atoms with Crippen molar-refractivity contribution in [1.29, 1.82) is 5.26 Å². The van der Waals surface area contributed by atoms with Crippen LogP contribution in [0.25, 0.3) is 6.08 Å². The van der Waals surface area contributed by atoms with Gasteiger partial charge in [-0.2, -0.15) is 5.26 Å². The second kappa shape index (κ2) is 7.82. The molecular formula is C15H16N2O4. The number of nitriles is 1. The minimum Gasteiger partial charge on any atom is -0.478 e. The third-order valence-corrected chi connectivity index (χ3v) is 2.63. The summed E-state index contributed by atoms with van der Waals surface area (Å²) in [7, 11) is 1.52. The number of rotatable bonds is 6. The Morgan fingerprint density at radius 1 is 1.43 bits per heavy atom. The van der Waals surface area contributed by atoms with Crippen molar-refractivity contribution in [2.24, 2.45) is 0 Å². The zero-order chi connectivity index (χ0) is 15.8. The molecule has 0 aliphatic rings. The van der Waals surface area contributed by atoms with Crippen LogP contribution in [0, 0.1) is 11.3 Å². The van der Waals surface area contributed by atoms with E-state index >= 15 is 0 Å². The Labute approximate surface area is 122 Å². The van der Waals surface area contributed by atoms with E-state index in [1.54, 1.807) is 6.92 Å². The Kier molecular flexibility index (Phi) is 6.11. The van der Waals surface area contributed by atoms with Crippen LogP contribution in [0.3, 0.4) is 0 Å². The fourth-order valence-corrected chi connectivity index (χ4v) is 1.63. The predicted octanol–water partition coefficient (Wildman–Crippen LogP) is 1.44. The number of ether oxygens (including phenoxy) is 1. The standard InChI is InChI=1S/C15H16N2O4/c1-10(9-21-2)17-14(18)13(8-16)7-11-3-5-12(6-4-11)15(19)20/h3-7,10H,9H2,1-2H3,(H,17,18)(H,19,20)/b13-7+/t10-/m0/s1. The van der Waals surface area contributed by atoms with Gasteiger partial charge < -0.3 is 15.2 Å². The van der Waals surface area contributed by atoms with E-state index in [2.05, 4.69) is 5.32 Å². The molecule has 2 N–H and O–H groups in total. The first-order valence-electron chi connectivity index (χ1n) is 6.23. The third-order valence-electron chi connectivity index (χ3n) is 2.63. The molecule has 0 spiro atoms. The number of carboxylic acids is 1. The minimum absolute atomic E-state index is 0.0546. The highest BCUT2D eigenvalue weighted by molar-refractivity contribution is 6.01. The number of nitrogens with zero attached hydrogens (tertiary/aromatic N) is 1. The van der Waals surface area contributed by atoms with Crippen LogP contribution in [0.1, 0.15) is 22.8 Å². The Hall–Kier alpha value is -2.65. The number of benzene rings is 1. The number of carboxylic acid groups (broad SMARTS) is 1.